The van der Waals surface area contributed by atoms with E-state index in [0.717, 1.165) is 23.8 Å². The number of nitrogens with zero attached hydrogens (tertiary/aromatic N) is 4. The van der Waals surface area contributed by atoms with Crippen molar-refractivity contribution in [3.05, 3.63) is 5.82 Å². The first-order valence-corrected chi connectivity index (χ1v) is 5.40. The number of hydrogen-bond donors (Lipinski definition) is 1. The molecule has 1 rings (SSSR count). The SMILES string of the molecule is CC(N)CCSCc1nnn(C)n1. The molecular weight excluding hydrogens is 186 g/mol. The molecule has 0 radical (unpaired) electrons. The van der Waals surface area contributed by atoms with Gasteiger partial charge in [-0.2, -0.15) is 16.6 Å². The molecule has 0 aromatic carbocycles. The summed E-state index contributed by atoms with van der Waals surface area (Å²) in [4.78, 5) is 1.47. The van der Waals surface area contributed by atoms with Gasteiger partial charge in [0, 0.05) is 6.04 Å². The summed E-state index contributed by atoms with van der Waals surface area (Å²) >= 11 is 1.79. The first kappa shape index (κ1) is 10.5. The molecule has 1 aromatic heterocycles. The van der Waals surface area contributed by atoms with Gasteiger partial charge in [0.15, 0.2) is 5.82 Å². The van der Waals surface area contributed by atoms with Gasteiger partial charge in [-0.25, -0.2) is 0 Å². The molecule has 1 heterocycles. The van der Waals surface area contributed by atoms with Crippen LogP contribution < -0.4 is 5.73 Å². The van der Waals surface area contributed by atoms with Gasteiger partial charge in [-0.05, 0) is 24.3 Å². The zero-order valence-electron chi connectivity index (χ0n) is 7.97. The van der Waals surface area contributed by atoms with E-state index in [4.69, 9.17) is 5.73 Å². The molecule has 0 saturated heterocycles. The molecule has 0 saturated carbocycles. The maximum absolute atomic E-state index is 5.61. The van der Waals surface area contributed by atoms with Crippen molar-refractivity contribution in [2.24, 2.45) is 12.8 Å². The van der Waals surface area contributed by atoms with Crippen molar-refractivity contribution in [3.8, 4) is 0 Å². The van der Waals surface area contributed by atoms with Crippen LogP contribution in [0.2, 0.25) is 0 Å². The Labute approximate surface area is 82.1 Å². The topological polar surface area (TPSA) is 69.6 Å². The van der Waals surface area contributed by atoms with Crippen LogP contribution in [0, 0.1) is 0 Å². The largest absolute Gasteiger partial charge is 0.328 e. The monoisotopic (exact) mass is 201 g/mol. The highest BCUT2D eigenvalue weighted by Gasteiger charge is 2.00. The lowest BCUT2D eigenvalue weighted by Crippen LogP contribution is -2.15. The van der Waals surface area contributed by atoms with Crippen LogP contribution in [-0.4, -0.2) is 32.0 Å². The number of aryl methyl sites for hydroxylation is 1. The molecule has 13 heavy (non-hydrogen) atoms. The average molecular weight is 201 g/mol. The Morgan fingerprint density at radius 3 is 2.92 bits per heavy atom. The van der Waals surface area contributed by atoms with Gasteiger partial charge in [-0.15, -0.1) is 10.2 Å². The highest BCUT2D eigenvalue weighted by molar-refractivity contribution is 7.98. The van der Waals surface area contributed by atoms with Crippen LogP contribution in [0.25, 0.3) is 0 Å². The molecule has 74 valence electrons. The van der Waals surface area contributed by atoms with Crippen molar-refractivity contribution in [1.29, 1.82) is 0 Å². The van der Waals surface area contributed by atoms with Crippen LogP contribution in [0.1, 0.15) is 19.2 Å². The Morgan fingerprint density at radius 1 is 1.62 bits per heavy atom. The van der Waals surface area contributed by atoms with Gasteiger partial charge in [0.25, 0.3) is 0 Å². The minimum Gasteiger partial charge on any atom is -0.328 e. The molecule has 1 atom stereocenters. The van der Waals surface area contributed by atoms with Crippen LogP contribution in [0.5, 0.6) is 0 Å². The fourth-order valence-corrected chi connectivity index (χ4v) is 1.79. The number of thioether (sulfide) groups is 1. The van der Waals surface area contributed by atoms with Gasteiger partial charge < -0.3 is 5.73 Å². The van der Waals surface area contributed by atoms with Crippen LogP contribution >= 0.6 is 11.8 Å². The Balaban J connectivity index is 2.13. The molecule has 5 nitrogen and oxygen atoms in total. The molecule has 2 N–H and O–H groups in total. The lowest BCUT2D eigenvalue weighted by atomic mass is 10.3. The van der Waals surface area contributed by atoms with Crippen LogP contribution in [0.15, 0.2) is 0 Å². The lowest BCUT2D eigenvalue weighted by Gasteiger charge is -2.01. The molecule has 1 aromatic rings. The summed E-state index contributed by atoms with van der Waals surface area (Å²) in [5.74, 6) is 2.66. The molecular formula is C7H15N5S. The zero-order valence-corrected chi connectivity index (χ0v) is 8.79. The van der Waals surface area contributed by atoms with Crippen molar-refractivity contribution < 1.29 is 0 Å². The molecule has 0 fully saturated rings. The second-order valence-electron chi connectivity index (χ2n) is 3.01. The van der Waals surface area contributed by atoms with Gasteiger partial charge in [-0.1, -0.05) is 0 Å². The minimum absolute atomic E-state index is 0.280. The van der Waals surface area contributed by atoms with Gasteiger partial charge >= 0.3 is 0 Å². The molecule has 0 aliphatic rings. The van der Waals surface area contributed by atoms with Gasteiger partial charge in [0.05, 0.1) is 12.8 Å². The fourth-order valence-electron chi connectivity index (χ4n) is 0.814. The number of hydrogen-bond acceptors (Lipinski definition) is 5. The maximum atomic E-state index is 5.61. The third kappa shape index (κ3) is 4.23. The van der Waals surface area contributed by atoms with E-state index >= 15 is 0 Å². The number of nitrogens with two attached hydrogens (primary N) is 1. The third-order valence-electron chi connectivity index (χ3n) is 1.50. The van der Waals surface area contributed by atoms with E-state index in [1.165, 1.54) is 4.80 Å². The predicted molar refractivity (Wildman–Crippen MR) is 53.2 cm³/mol. The highest BCUT2D eigenvalue weighted by Crippen LogP contribution is 2.08. The second kappa shape index (κ2) is 5.18. The lowest BCUT2D eigenvalue weighted by molar-refractivity contribution is 0.628. The average Bonchev–Trinajstić information content (AvgIpc) is 2.45. The summed E-state index contributed by atoms with van der Waals surface area (Å²) in [5.41, 5.74) is 5.61. The molecule has 6 heteroatoms. The summed E-state index contributed by atoms with van der Waals surface area (Å²) in [7, 11) is 1.77. The van der Waals surface area contributed by atoms with E-state index in [0.29, 0.717) is 0 Å². The summed E-state index contributed by atoms with van der Waals surface area (Å²) < 4.78 is 0. The molecule has 0 aliphatic heterocycles. The standard InChI is InChI=1S/C7H15N5S/c1-6(8)3-4-13-5-7-9-11-12(2)10-7/h6H,3-5,8H2,1-2H3. The molecule has 0 spiro atoms. The smallest absolute Gasteiger partial charge is 0.184 e. The second-order valence-corrected chi connectivity index (χ2v) is 4.12. The first-order valence-electron chi connectivity index (χ1n) is 4.24. The van der Waals surface area contributed by atoms with E-state index in [-0.39, 0.29) is 6.04 Å². The van der Waals surface area contributed by atoms with Crippen LogP contribution in [0.3, 0.4) is 0 Å². The van der Waals surface area contributed by atoms with Crippen molar-refractivity contribution in [3.63, 3.8) is 0 Å². The summed E-state index contributed by atoms with van der Waals surface area (Å²) in [6, 6.07) is 0.280. The van der Waals surface area contributed by atoms with E-state index in [1.807, 2.05) is 6.92 Å². The summed E-state index contributed by atoms with van der Waals surface area (Å²) in [6.07, 6.45) is 1.03. The van der Waals surface area contributed by atoms with E-state index in [1.54, 1.807) is 18.8 Å². The van der Waals surface area contributed by atoms with E-state index < -0.39 is 0 Å². The number of rotatable bonds is 5. The maximum Gasteiger partial charge on any atom is 0.184 e. The van der Waals surface area contributed by atoms with Crippen LogP contribution in [0.4, 0.5) is 0 Å². The zero-order chi connectivity index (χ0) is 9.68. The quantitative estimate of drug-likeness (QED) is 0.688. The van der Waals surface area contributed by atoms with E-state index in [2.05, 4.69) is 15.4 Å². The normalized spacial score (nSPS) is 13.2. The Bertz CT molecular complexity index is 247. The predicted octanol–water partition coefficient (Wildman–Crippen LogP) is 0.181. The Hall–Kier alpha value is -0.620. The third-order valence-corrected chi connectivity index (χ3v) is 2.49. The van der Waals surface area contributed by atoms with Crippen molar-refractivity contribution >= 4 is 11.8 Å². The van der Waals surface area contributed by atoms with Gasteiger partial charge in [0.1, 0.15) is 0 Å². The van der Waals surface area contributed by atoms with E-state index in [9.17, 15) is 0 Å². The van der Waals surface area contributed by atoms with Gasteiger partial charge in [-0.3, -0.25) is 0 Å². The molecule has 0 aliphatic carbocycles. The highest BCUT2D eigenvalue weighted by atomic mass is 32.2. The Kier molecular flexibility index (Phi) is 4.17. The molecule has 0 amide bonds. The minimum atomic E-state index is 0.280. The van der Waals surface area contributed by atoms with Crippen LogP contribution in [-0.2, 0) is 12.8 Å². The number of aromatic nitrogens is 4. The first-order chi connectivity index (χ1) is 6.18. The summed E-state index contributed by atoms with van der Waals surface area (Å²) in [5, 5.41) is 11.7. The number of tetrazole rings is 1. The summed E-state index contributed by atoms with van der Waals surface area (Å²) in [6.45, 7) is 2.02. The molecule has 0 bridgehead atoms. The fraction of sp³-hybridized carbons (Fsp3) is 0.857. The van der Waals surface area contributed by atoms with Crippen molar-refractivity contribution in [2.45, 2.75) is 25.1 Å². The van der Waals surface area contributed by atoms with Crippen molar-refractivity contribution in [1.82, 2.24) is 20.2 Å². The van der Waals surface area contributed by atoms with Gasteiger partial charge in [0.2, 0.25) is 0 Å². The van der Waals surface area contributed by atoms with Crippen molar-refractivity contribution in [2.75, 3.05) is 5.75 Å². The Morgan fingerprint density at radius 2 is 2.38 bits per heavy atom. The molecule has 1 unspecified atom stereocenters.